The number of anilines is 1. The van der Waals surface area contributed by atoms with E-state index in [0.717, 1.165) is 28.8 Å². The SMILES string of the molecule is Cn1cc(-c2nc3cnc(CC(C)(C)O)cc3nc2N2CCN(Cc3ccc(F)cc3F)CC2)cn1. The van der Waals surface area contributed by atoms with E-state index in [1.165, 1.54) is 12.1 Å². The molecule has 0 aliphatic carbocycles. The zero-order valence-electron chi connectivity index (χ0n) is 20.6. The van der Waals surface area contributed by atoms with Crippen LogP contribution in [0.1, 0.15) is 25.1 Å². The van der Waals surface area contributed by atoms with Crippen molar-refractivity contribution in [3.63, 3.8) is 0 Å². The van der Waals surface area contributed by atoms with Crippen LogP contribution in [-0.2, 0) is 20.0 Å². The van der Waals surface area contributed by atoms with Crippen LogP contribution < -0.4 is 4.90 Å². The van der Waals surface area contributed by atoms with Crippen LogP contribution in [0.2, 0.25) is 0 Å². The van der Waals surface area contributed by atoms with Crippen LogP contribution in [0.25, 0.3) is 22.3 Å². The molecule has 1 aliphatic rings. The van der Waals surface area contributed by atoms with E-state index < -0.39 is 17.2 Å². The lowest BCUT2D eigenvalue weighted by Gasteiger charge is -2.36. The van der Waals surface area contributed by atoms with E-state index in [9.17, 15) is 13.9 Å². The van der Waals surface area contributed by atoms with Gasteiger partial charge in [0.1, 0.15) is 22.8 Å². The van der Waals surface area contributed by atoms with Crippen molar-refractivity contribution in [2.75, 3.05) is 31.1 Å². The Hall–Kier alpha value is -3.50. The molecule has 10 heteroatoms. The molecule has 0 bridgehead atoms. The zero-order valence-corrected chi connectivity index (χ0v) is 20.6. The Labute approximate surface area is 208 Å². The molecule has 188 valence electrons. The van der Waals surface area contributed by atoms with E-state index in [1.54, 1.807) is 30.9 Å². The molecule has 3 aromatic heterocycles. The van der Waals surface area contributed by atoms with Crippen LogP contribution in [0.5, 0.6) is 0 Å². The Kier molecular flexibility index (Phi) is 6.40. The molecular formula is C26H29F2N7O. The number of fused-ring (bicyclic) bond motifs is 1. The largest absolute Gasteiger partial charge is 0.390 e. The quantitative estimate of drug-likeness (QED) is 0.441. The number of rotatable bonds is 6. The summed E-state index contributed by atoms with van der Waals surface area (Å²) >= 11 is 0. The molecule has 1 aliphatic heterocycles. The van der Waals surface area contributed by atoms with Crippen LogP contribution in [-0.4, -0.2) is 66.5 Å². The monoisotopic (exact) mass is 493 g/mol. The maximum atomic E-state index is 14.1. The van der Waals surface area contributed by atoms with Crippen molar-refractivity contribution in [2.24, 2.45) is 7.05 Å². The summed E-state index contributed by atoms with van der Waals surface area (Å²) in [4.78, 5) is 18.7. The van der Waals surface area contributed by atoms with Gasteiger partial charge in [0.25, 0.3) is 0 Å². The van der Waals surface area contributed by atoms with Gasteiger partial charge in [-0.1, -0.05) is 6.07 Å². The molecule has 4 aromatic rings. The number of piperazine rings is 1. The first-order valence-electron chi connectivity index (χ1n) is 11.9. The third kappa shape index (κ3) is 5.34. The van der Waals surface area contributed by atoms with Gasteiger partial charge in [-0.2, -0.15) is 5.10 Å². The molecular weight excluding hydrogens is 464 g/mol. The maximum absolute atomic E-state index is 14.1. The van der Waals surface area contributed by atoms with Crippen LogP contribution in [0.15, 0.2) is 42.9 Å². The number of aromatic nitrogens is 5. The minimum Gasteiger partial charge on any atom is -0.390 e. The zero-order chi connectivity index (χ0) is 25.4. The number of hydrogen-bond donors (Lipinski definition) is 1. The van der Waals surface area contributed by atoms with E-state index in [4.69, 9.17) is 9.97 Å². The van der Waals surface area contributed by atoms with Gasteiger partial charge in [-0.05, 0) is 26.0 Å². The highest BCUT2D eigenvalue weighted by molar-refractivity contribution is 5.83. The number of pyridine rings is 1. The van der Waals surface area contributed by atoms with E-state index >= 15 is 0 Å². The minimum atomic E-state index is -0.882. The molecule has 1 N–H and O–H groups in total. The van der Waals surface area contributed by atoms with Gasteiger partial charge in [-0.3, -0.25) is 14.6 Å². The summed E-state index contributed by atoms with van der Waals surface area (Å²) in [6.45, 7) is 6.67. The van der Waals surface area contributed by atoms with Crippen molar-refractivity contribution in [1.82, 2.24) is 29.6 Å². The van der Waals surface area contributed by atoms with Gasteiger partial charge in [0.15, 0.2) is 5.82 Å². The Morgan fingerprint density at radius 2 is 1.78 bits per heavy atom. The Bertz CT molecular complexity index is 1390. The summed E-state index contributed by atoms with van der Waals surface area (Å²) in [7, 11) is 1.86. The van der Waals surface area contributed by atoms with Gasteiger partial charge < -0.3 is 10.0 Å². The predicted octanol–water partition coefficient (Wildman–Crippen LogP) is 3.34. The number of nitrogens with zero attached hydrogens (tertiary/aromatic N) is 7. The van der Waals surface area contributed by atoms with Crippen molar-refractivity contribution >= 4 is 16.9 Å². The van der Waals surface area contributed by atoms with Crippen LogP contribution in [0, 0.1) is 11.6 Å². The highest BCUT2D eigenvalue weighted by Gasteiger charge is 2.24. The lowest BCUT2D eigenvalue weighted by atomic mass is 10.0. The van der Waals surface area contributed by atoms with Gasteiger partial charge in [-0.15, -0.1) is 0 Å². The highest BCUT2D eigenvalue weighted by Crippen LogP contribution is 2.30. The summed E-state index contributed by atoms with van der Waals surface area (Å²) in [5, 5.41) is 14.5. The molecule has 0 atom stereocenters. The van der Waals surface area contributed by atoms with Crippen LogP contribution in [0.4, 0.5) is 14.6 Å². The average Bonchev–Trinajstić information content (AvgIpc) is 3.25. The van der Waals surface area contributed by atoms with Crippen molar-refractivity contribution in [2.45, 2.75) is 32.4 Å². The number of benzene rings is 1. The molecule has 1 saturated heterocycles. The molecule has 5 rings (SSSR count). The fourth-order valence-electron chi connectivity index (χ4n) is 4.50. The average molecular weight is 494 g/mol. The molecule has 0 radical (unpaired) electrons. The lowest BCUT2D eigenvalue weighted by molar-refractivity contribution is 0.0800. The Morgan fingerprint density at radius 1 is 1.00 bits per heavy atom. The summed E-state index contributed by atoms with van der Waals surface area (Å²) in [5.41, 5.74) is 3.32. The molecule has 1 aromatic carbocycles. The third-order valence-corrected chi connectivity index (χ3v) is 6.26. The van der Waals surface area contributed by atoms with Crippen LogP contribution in [0.3, 0.4) is 0 Å². The van der Waals surface area contributed by atoms with Gasteiger partial charge >= 0.3 is 0 Å². The topological polar surface area (TPSA) is 83.2 Å². The molecule has 0 amide bonds. The highest BCUT2D eigenvalue weighted by atomic mass is 19.1. The van der Waals surface area contributed by atoms with E-state index in [0.29, 0.717) is 55.7 Å². The van der Waals surface area contributed by atoms with E-state index in [1.807, 2.05) is 19.3 Å². The first-order valence-corrected chi connectivity index (χ1v) is 11.9. The molecule has 0 unspecified atom stereocenters. The number of aliphatic hydroxyl groups is 1. The smallest absolute Gasteiger partial charge is 0.156 e. The van der Waals surface area contributed by atoms with E-state index in [-0.39, 0.29) is 0 Å². The number of hydrogen-bond acceptors (Lipinski definition) is 7. The normalized spacial score (nSPS) is 15.1. The van der Waals surface area contributed by atoms with Crippen molar-refractivity contribution < 1.29 is 13.9 Å². The fourth-order valence-corrected chi connectivity index (χ4v) is 4.50. The summed E-state index contributed by atoms with van der Waals surface area (Å²) < 4.78 is 29.1. The Morgan fingerprint density at radius 3 is 2.44 bits per heavy atom. The maximum Gasteiger partial charge on any atom is 0.156 e. The standard InChI is InChI=1S/C26H29F2N7O/c1-26(2,36)12-20-11-22-23(14-29-20)31-24(18-13-30-33(3)15-18)25(32-22)35-8-6-34(7-9-35)16-17-4-5-19(27)10-21(17)28/h4-5,10-11,13-15,36H,6-9,12,16H2,1-3H3. The molecule has 8 nitrogen and oxygen atoms in total. The van der Waals surface area contributed by atoms with Crippen molar-refractivity contribution in [3.05, 3.63) is 65.7 Å². The Balaban J connectivity index is 1.43. The summed E-state index contributed by atoms with van der Waals surface area (Å²) in [6.07, 6.45) is 5.77. The third-order valence-electron chi connectivity index (χ3n) is 6.26. The first-order chi connectivity index (χ1) is 17.1. The van der Waals surface area contributed by atoms with E-state index in [2.05, 4.69) is 19.9 Å². The van der Waals surface area contributed by atoms with Crippen molar-refractivity contribution in [1.29, 1.82) is 0 Å². The predicted molar refractivity (Wildman–Crippen MR) is 133 cm³/mol. The number of aryl methyl sites for hydroxylation is 1. The molecule has 0 saturated carbocycles. The molecule has 0 spiro atoms. The van der Waals surface area contributed by atoms with Gasteiger partial charge in [-0.25, -0.2) is 18.7 Å². The second kappa shape index (κ2) is 9.51. The number of halogens is 2. The van der Waals surface area contributed by atoms with Crippen molar-refractivity contribution in [3.8, 4) is 11.3 Å². The minimum absolute atomic E-state index is 0.406. The molecule has 1 fully saturated rings. The summed E-state index contributed by atoms with van der Waals surface area (Å²) in [6, 6.07) is 5.61. The molecule has 4 heterocycles. The molecule has 36 heavy (non-hydrogen) atoms. The van der Waals surface area contributed by atoms with Gasteiger partial charge in [0, 0.05) is 75.3 Å². The summed E-state index contributed by atoms with van der Waals surface area (Å²) in [5.74, 6) is -0.338. The second-order valence-corrected chi connectivity index (χ2v) is 9.95. The van der Waals surface area contributed by atoms with Crippen LogP contribution >= 0.6 is 0 Å². The first kappa shape index (κ1) is 24.2. The van der Waals surface area contributed by atoms with Gasteiger partial charge in [0.05, 0.1) is 23.5 Å². The lowest BCUT2D eigenvalue weighted by Crippen LogP contribution is -2.46. The fraction of sp³-hybridized carbons (Fsp3) is 0.385. The van der Waals surface area contributed by atoms with Gasteiger partial charge in [0.2, 0.25) is 0 Å². The second-order valence-electron chi connectivity index (χ2n) is 9.95.